The zero-order valence-corrected chi connectivity index (χ0v) is 11.1. The van der Waals surface area contributed by atoms with Crippen LogP contribution < -0.4 is 0 Å². The maximum atomic E-state index is 12.5. The van der Waals surface area contributed by atoms with Crippen LogP contribution in [0.3, 0.4) is 0 Å². The fraction of sp³-hybridized carbons (Fsp3) is 0.933. The molecule has 0 atom stereocenters. The molecule has 2 heteroatoms. The number of hydrogen-bond acceptors (Lipinski definition) is 2. The van der Waals surface area contributed by atoms with Crippen LogP contribution in [0.2, 0.25) is 0 Å². The van der Waals surface area contributed by atoms with E-state index >= 15 is 0 Å². The number of hydrogen-bond donors (Lipinski definition) is 0. The van der Waals surface area contributed by atoms with Crippen LogP contribution in [-0.2, 0) is 9.53 Å². The standard InChI is InChI=1S/C15H24O2/c1-10(2)17-9-14(16)15-6-11-3-12(7-15)5-13(4-11)8-15/h10-13H,3-9H2,1-2H3. The number of carbonyl (C=O) groups excluding carboxylic acids is 1. The molecule has 0 aromatic heterocycles. The van der Waals surface area contributed by atoms with E-state index in [4.69, 9.17) is 4.74 Å². The average Bonchev–Trinajstić information content (AvgIpc) is 2.23. The molecule has 0 unspecified atom stereocenters. The van der Waals surface area contributed by atoms with Crippen molar-refractivity contribution in [3.8, 4) is 0 Å². The van der Waals surface area contributed by atoms with Crippen molar-refractivity contribution in [2.24, 2.45) is 23.2 Å². The summed E-state index contributed by atoms with van der Waals surface area (Å²) in [6.07, 6.45) is 7.87. The molecule has 0 aromatic carbocycles. The molecule has 4 saturated carbocycles. The van der Waals surface area contributed by atoms with Crippen LogP contribution in [0.5, 0.6) is 0 Å². The number of ether oxygens (including phenoxy) is 1. The maximum absolute atomic E-state index is 12.5. The SMILES string of the molecule is CC(C)OCC(=O)C12CC3CC(CC(C3)C1)C2. The molecule has 4 aliphatic carbocycles. The van der Waals surface area contributed by atoms with E-state index in [0.29, 0.717) is 12.4 Å². The Balaban J connectivity index is 1.71. The van der Waals surface area contributed by atoms with Crippen LogP contribution in [-0.4, -0.2) is 18.5 Å². The van der Waals surface area contributed by atoms with Crippen molar-refractivity contribution >= 4 is 5.78 Å². The van der Waals surface area contributed by atoms with E-state index in [1.807, 2.05) is 13.8 Å². The second-order valence-corrected chi connectivity index (χ2v) is 6.98. The van der Waals surface area contributed by atoms with Gasteiger partial charge in [0, 0.05) is 5.41 Å². The summed E-state index contributed by atoms with van der Waals surface area (Å²) < 4.78 is 5.54. The van der Waals surface area contributed by atoms with Crippen LogP contribution >= 0.6 is 0 Å². The van der Waals surface area contributed by atoms with Gasteiger partial charge in [-0.2, -0.15) is 0 Å². The minimum absolute atomic E-state index is 0.0314. The lowest BCUT2D eigenvalue weighted by molar-refractivity contribution is -0.149. The predicted octanol–water partition coefficient (Wildman–Crippen LogP) is 3.20. The third-order valence-corrected chi connectivity index (χ3v) is 5.18. The van der Waals surface area contributed by atoms with Gasteiger partial charge in [-0.3, -0.25) is 4.79 Å². The number of ketones is 1. The summed E-state index contributed by atoms with van der Waals surface area (Å²) in [6, 6.07) is 0. The molecule has 4 aliphatic rings. The quantitative estimate of drug-likeness (QED) is 0.749. The van der Waals surface area contributed by atoms with E-state index in [9.17, 15) is 4.79 Å². The van der Waals surface area contributed by atoms with E-state index in [1.54, 1.807) is 0 Å². The summed E-state index contributed by atoms with van der Waals surface area (Å²) >= 11 is 0. The van der Waals surface area contributed by atoms with Crippen LogP contribution in [0.25, 0.3) is 0 Å². The lowest BCUT2D eigenvalue weighted by Crippen LogP contribution is -2.51. The molecule has 0 N–H and O–H groups in total. The zero-order chi connectivity index (χ0) is 12.0. The molecule has 0 aromatic rings. The second kappa shape index (κ2) is 4.08. The zero-order valence-electron chi connectivity index (χ0n) is 11.1. The summed E-state index contributed by atoms with van der Waals surface area (Å²) in [5.74, 6) is 2.96. The third kappa shape index (κ3) is 2.05. The Hall–Kier alpha value is -0.370. The highest BCUT2D eigenvalue weighted by molar-refractivity contribution is 5.86. The average molecular weight is 236 g/mol. The summed E-state index contributed by atoms with van der Waals surface area (Å²) in [5.41, 5.74) is 0.0314. The van der Waals surface area contributed by atoms with Gasteiger partial charge in [0.05, 0.1) is 6.10 Å². The van der Waals surface area contributed by atoms with Crippen LogP contribution in [0.4, 0.5) is 0 Å². The fourth-order valence-electron chi connectivity index (χ4n) is 4.85. The van der Waals surface area contributed by atoms with Crippen molar-refractivity contribution in [2.75, 3.05) is 6.61 Å². The molecule has 4 rings (SSSR count). The van der Waals surface area contributed by atoms with Crippen molar-refractivity contribution in [3.05, 3.63) is 0 Å². The molecule has 96 valence electrons. The third-order valence-electron chi connectivity index (χ3n) is 5.18. The van der Waals surface area contributed by atoms with Gasteiger partial charge in [0.1, 0.15) is 6.61 Å². The molecule has 0 radical (unpaired) electrons. The van der Waals surface area contributed by atoms with Crippen LogP contribution in [0.1, 0.15) is 52.4 Å². The highest BCUT2D eigenvalue weighted by Crippen LogP contribution is 2.60. The Kier molecular flexibility index (Phi) is 2.81. The van der Waals surface area contributed by atoms with E-state index in [1.165, 1.54) is 38.5 Å². The highest BCUT2D eigenvalue weighted by Gasteiger charge is 2.54. The monoisotopic (exact) mass is 236 g/mol. The van der Waals surface area contributed by atoms with E-state index in [-0.39, 0.29) is 11.5 Å². The summed E-state index contributed by atoms with van der Waals surface area (Å²) in [6.45, 7) is 4.36. The lowest BCUT2D eigenvalue weighted by atomic mass is 9.48. The predicted molar refractivity (Wildman–Crippen MR) is 66.7 cm³/mol. The molecule has 0 heterocycles. The molecular weight excluding hydrogens is 212 g/mol. The van der Waals surface area contributed by atoms with E-state index < -0.39 is 0 Å². The van der Waals surface area contributed by atoms with Gasteiger partial charge in [-0.1, -0.05) is 0 Å². The summed E-state index contributed by atoms with van der Waals surface area (Å²) in [7, 11) is 0. The topological polar surface area (TPSA) is 26.3 Å². The molecule has 0 amide bonds. The highest BCUT2D eigenvalue weighted by atomic mass is 16.5. The Morgan fingerprint density at radius 1 is 1.12 bits per heavy atom. The minimum Gasteiger partial charge on any atom is -0.371 e. The number of rotatable bonds is 4. The summed E-state index contributed by atoms with van der Waals surface area (Å²) in [5, 5.41) is 0. The first kappa shape index (κ1) is 11.7. The van der Waals surface area contributed by atoms with Crippen LogP contribution in [0.15, 0.2) is 0 Å². The Morgan fingerprint density at radius 2 is 1.59 bits per heavy atom. The minimum atomic E-state index is 0.0314. The molecule has 0 spiro atoms. The van der Waals surface area contributed by atoms with Gasteiger partial charge >= 0.3 is 0 Å². The largest absolute Gasteiger partial charge is 0.371 e. The van der Waals surface area contributed by atoms with Crippen LogP contribution in [0, 0.1) is 23.2 Å². The van der Waals surface area contributed by atoms with E-state index in [2.05, 4.69) is 0 Å². The van der Waals surface area contributed by atoms with Gasteiger partial charge in [0.15, 0.2) is 5.78 Å². The molecule has 4 bridgehead atoms. The van der Waals surface area contributed by atoms with Gasteiger partial charge in [0.2, 0.25) is 0 Å². The van der Waals surface area contributed by atoms with Crippen molar-refractivity contribution in [1.82, 2.24) is 0 Å². The number of carbonyl (C=O) groups is 1. The van der Waals surface area contributed by atoms with Gasteiger partial charge in [-0.15, -0.1) is 0 Å². The molecule has 4 fully saturated rings. The van der Waals surface area contributed by atoms with Crippen molar-refractivity contribution in [3.63, 3.8) is 0 Å². The first-order chi connectivity index (χ1) is 8.07. The smallest absolute Gasteiger partial charge is 0.164 e. The fourth-order valence-corrected chi connectivity index (χ4v) is 4.85. The van der Waals surface area contributed by atoms with Crippen molar-refractivity contribution in [2.45, 2.75) is 58.5 Å². The lowest BCUT2D eigenvalue weighted by Gasteiger charge is -2.55. The normalized spacial score (nSPS) is 43.4. The molecule has 0 aliphatic heterocycles. The van der Waals surface area contributed by atoms with E-state index in [0.717, 1.165) is 17.8 Å². The molecule has 17 heavy (non-hydrogen) atoms. The first-order valence-electron chi connectivity index (χ1n) is 7.22. The Bertz CT molecular complexity index is 284. The van der Waals surface area contributed by atoms with Gasteiger partial charge in [-0.25, -0.2) is 0 Å². The van der Waals surface area contributed by atoms with Crippen molar-refractivity contribution < 1.29 is 9.53 Å². The molecule has 2 nitrogen and oxygen atoms in total. The maximum Gasteiger partial charge on any atom is 0.164 e. The van der Waals surface area contributed by atoms with Gasteiger partial charge < -0.3 is 4.74 Å². The Morgan fingerprint density at radius 3 is 2.00 bits per heavy atom. The summed E-state index contributed by atoms with van der Waals surface area (Å²) in [4.78, 5) is 12.5. The number of Topliss-reactive ketones (excluding diaryl/α,β-unsaturated/α-hetero) is 1. The van der Waals surface area contributed by atoms with Gasteiger partial charge in [0.25, 0.3) is 0 Å². The Labute approximate surface area is 104 Å². The first-order valence-corrected chi connectivity index (χ1v) is 7.22. The molecule has 0 saturated heterocycles. The molecular formula is C15H24O2. The van der Waals surface area contributed by atoms with Crippen molar-refractivity contribution in [1.29, 1.82) is 0 Å². The van der Waals surface area contributed by atoms with Gasteiger partial charge in [-0.05, 0) is 70.1 Å². The second-order valence-electron chi connectivity index (χ2n) is 6.98.